The second-order valence-corrected chi connectivity index (χ2v) is 4.15. The summed E-state index contributed by atoms with van der Waals surface area (Å²) >= 11 is 7.52. The van der Waals surface area contributed by atoms with E-state index in [9.17, 15) is 0 Å². The van der Waals surface area contributed by atoms with Crippen LogP contribution in [0.1, 0.15) is 12.5 Å². The second-order valence-electron chi connectivity index (χ2n) is 2.83. The summed E-state index contributed by atoms with van der Waals surface area (Å²) in [7, 11) is 0. The van der Waals surface area contributed by atoms with Gasteiger partial charge in [-0.2, -0.15) is 0 Å². The quantitative estimate of drug-likeness (QED) is 0.859. The van der Waals surface area contributed by atoms with Gasteiger partial charge in [-0.15, -0.1) is 11.3 Å². The highest BCUT2D eigenvalue weighted by molar-refractivity contribution is 7.14. The predicted molar refractivity (Wildman–Crippen MR) is 58.6 cm³/mol. The van der Waals surface area contributed by atoms with E-state index in [-0.39, 0.29) is 0 Å². The van der Waals surface area contributed by atoms with Gasteiger partial charge >= 0.3 is 0 Å². The monoisotopic (exact) mass is 228 g/mol. The van der Waals surface area contributed by atoms with Gasteiger partial charge in [0.2, 0.25) is 0 Å². The number of hydrogen-bond donors (Lipinski definition) is 1. The summed E-state index contributed by atoms with van der Waals surface area (Å²) in [6.45, 7) is 2.01. The first-order valence-corrected chi connectivity index (χ1v) is 5.47. The van der Waals surface area contributed by atoms with Crippen LogP contribution in [0.25, 0.3) is 10.6 Å². The molecule has 3 nitrogen and oxygen atoms in total. The fourth-order valence-corrected chi connectivity index (χ4v) is 2.44. The van der Waals surface area contributed by atoms with Crippen molar-refractivity contribution in [2.24, 2.45) is 0 Å². The van der Waals surface area contributed by atoms with Gasteiger partial charge in [-0.3, -0.25) is 0 Å². The van der Waals surface area contributed by atoms with Gasteiger partial charge in [-0.1, -0.05) is 23.7 Å². The molecule has 0 fully saturated rings. The number of anilines is 1. The number of rotatable bonds is 2. The lowest BCUT2D eigenvalue weighted by atomic mass is 10.2. The Balaban J connectivity index is 2.57. The van der Waals surface area contributed by atoms with E-state index in [1.165, 1.54) is 11.3 Å². The number of nitrogens with two attached hydrogens (primary N) is 1. The number of halogens is 1. The molecule has 0 saturated heterocycles. The Morgan fingerprint density at radius 3 is 3.00 bits per heavy atom. The number of aromatic nitrogens is 1. The van der Waals surface area contributed by atoms with E-state index in [4.69, 9.17) is 21.9 Å². The van der Waals surface area contributed by atoms with Gasteiger partial charge in [-0.05, 0) is 17.9 Å². The normalized spacial score (nSPS) is 10.7. The van der Waals surface area contributed by atoms with Crippen molar-refractivity contribution in [1.29, 1.82) is 0 Å². The van der Waals surface area contributed by atoms with Crippen molar-refractivity contribution in [1.82, 2.24) is 5.16 Å². The van der Waals surface area contributed by atoms with E-state index >= 15 is 0 Å². The third-order valence-electron chi connectivity index (χ3n) is 2.00. The fourth-order valence-electron chi connectivity index (χ4n) is 1.30. The van der Waals surface area contributed by atoms with Crippen LogP contribution in [0.4, 0.5) is 5.82 Å². The summed E-state index contributed by atoms with van der Waals surface area (Å²) in [5.74, 6) is 1.15. The molecule has 2 heterocycles. The van der Waals surface area contributed by atoms with Crippen molar-refractivity contribution < 1.29 is 4.52 Å². The van der Waals surface area contributed by atoms with Gasteiger partial charge < -0.3 is 10.3 Å². The summed E-state index contributed by atoms with van der Waals surface area (Å²) in [5, 5.41) is 6.33. The lowest BCUT2D eigenvalue weighted by Crippen LogP contribution is -1.90. The molecule has 2 N–H and O–H groups in total. The molecule has 2 aromatic heterocycles. The highest BCUT2D eigenvalue weighted by Gasteiger charge is 2.17. The summed E-state index contributed by atoms with van der Waals surface area (Å²) < 4.78 is 5.16. The van der Waals surface area contributed by atoms with Gasteiger partial charge in [0.15, 0.2) is 11.6 Å². The molecule has 0 aliphatic rings. The van der Waals surface area contributed by atoms with Crippen LogP contribution in [0.2, 0.25) is 5.02 Å². The largest absolute Gasteiger partial charge is 0.381 e. The van der Waals surface area contributed by atoms with Crippen molar-refractivity contribution in [3.05, 3.63) is 22.0 Å². The van der Waals surface area contributed by atoms with Crippen molar-refractivity contribution >= 4 is 28.8 Å². The SMILES string of the molecule is CCc1c(N)noc1-c1sccc1Cl. The number of hydrogen-bond acceptors (Lipinski definition) is 4. The maximum absolute atomic E-state index is 5.99. The third kappa shape index (κ3) is 1.40. The topological polar surface area (TPSA) is 52.0 Å². The van der Waals surface area contributed by atoms with Crippen molar-refractivity contribution in [3.8, 4) is 10.6 Å². The first-order chi connectivity index (χ1) is 6.74. The zero-order chi connectivity index (χ0) is 10.1. The van der Waals surface area contributed by atoms with Gasteiger partial charge in [0, 0.05) is 5.56 Å². The Morgan fingerprint density at radius 2 is 2.43 bits per heavy atom. The number of thiophene rings is 1. The Hall–Kier alpha value is -1.00. The van der Waals surface area contributed by atoms with Gasteiger partial charge in [0.25, 0.3) is 0 Å². The Kier molecular flexibility index (Phi) is 2.48. The summed E-state index contributed by atoms with van der Waals surface area (Å²) in [4.78, 5) is 0.896. The van der Waals surface area contributed by atoms with Crippen molar-refractivity contribution in [3.63, 3.8) is 0 Å². The van der Waals surface area contributed by atoms with E-state index in [2.05, 4.69) is 5.16 Å². The molecule has 0 aromatic carbocycles. The average Bonchev–Trinajstić information content (AvgIpc) is 2.71. The highest BCUT2D eigenvalue weighted by atomic mass is 35.5. The molecule has 0 aliphatic carbocycles. The molecule has 0 spiro atoms. The Labute approximate surface area is 90.5 Å². The lowest BCUT2D eigenvalue weighted by Gasteiger charge is -1.95. The molecule has 2 aromatic rings. The average molecular weight is 229 g/mol. The minimum Gasteiger partial charge on any atom is -0.381 e. The first kappa shape index (κ1) is 9.55. The zero-order valence-corrected chi connectivity index (χ0v) is 9.15. The molecule has 0 amide bonds. The van der Waals surface area contributed by atoms with Gasteiger partial charge in [-0.25, -0.2) is 0 Å². The molecule has 0 aliphatic heterocycles. The van der Waals surface area contributed by atoms with Crippen LogP contribution in [0, 0.1) is 0 Å². The van der Waals surface area contributed by atoms with Crippen LogP contribution in [0.3, 0.4) is 0 Å². The molecule has 74 valence electrons. The van der Waals surface area contributed by atoms with Crippen LogP contribution < -0.4 is 5.73 Å². The summed E-state index contributed by atoms with van der Waals surface area (Å²) in [5.41, 5.74) is 6.59. The first-order valence-electron chi connectivity index (χ1n) is 4.21. The van der Waals surface area contributed by atoms with Crippen molar-refractivity contribution in [2.45, 2.75) is 13.3 Å². The molecule has 5 heteroatoms. The third-order valence-corrected chi connectivity index (χ3v) is 3.34. The van der Waals surface area contributed by atoms with Crippen molar-refractivity contribution in [2.75, 3.05) is 5.73 Å². The lowest BCUT2D eigenvalue weighted by molar-refractivity contribution is 0.436. The fraction of sp³-hybridized carbons (Fsp3) is 0.222. The minimum atomic E-state index is 0.451. The minimum absolute atomic E-state index is 0.451. The maximum Gasteiger partial charge on any atom is 0.183 e. The van der Waals surface area contributed by atoms with Crippen LogP contribution in [-0.4, -0.2) is 5.16 Å². The number of nitrogens with zero attached hydrogens (tertiary/aromatic N) is 1. The standard InChI is InChI=1S/C9H9ClN2OS/c1-2-5-7(13-12-9(5)11)8-6(10)3-4-14-8/h3-4H,2H2,1H3,(H2,11,12). The molecular formula is C9H9ClN2OS. The molecule has 0 bridgehead atoms. The molecule has 2 rings (SSSR count). The molecule has 0 radical (unpaired) electrons. The smallest absolute Gasteiger partial charge is 0.183 e. The van der Waals surface area contributed by atoms with Gasteiger partial charge in [0.1, 0.15) is 0 Å². The van der Waals surface area contributed by atoms with E-state index < -0.39 is 0 Å². The number of nitrogen functional groups attached to an aromatic ring is 1. The predicted octanol–water partition coefficient (Wildman–Crippen LogP) is 3.20. The molecule has 14 heavy (non-hydrogen) atoms. The molecule has 0 saturated carbocycles. The van der Waals surface area contributed by atoms with Gasteiger partial charge in [0.05, 0.1) is 9.90 Å². The van der Waals surface area contributed by atoms with E-state index in [1.807, 2.05) is 18.4 Å². The summed E-state index contributed by atoms with van der Waals surface area (Å²) in [6.07, 6.45) is 0.791. The van der Waals surface area contributed by atoms with Crippen LogP contribution in [-0.2, 0) is 6.42 Å². The second kappa shape index (κ2) is 3.63. The van der Waals surface area contributed by atoms with Crippen LogP contribution in [0.15, 0.2) is 16.0 Å². The zero-order valence-electron chi connectivity index (χ0n) is 7.58. The Bertz CT molecular complexity index is 449. The summed E-state index contributed by atoms with van der Waals surface area (Å²) in [6, 6.07) is 1.83. The maximum atomic E-state index is 5.99. The molecule has 0 atom stereocenters. The molecular weight excluding hydrogens is 220 g/mol. The van der Waals surface area contributed by atoms with E-state index in [1.54, 1.807) is 0 Å². The van der Waals surface area contributed by atoms with E-state index in [0.717, 1.165) is 16.9 Å². The highest BCUT2D eigenvalue weighted by Crippen LogP contribution is 2.37. The molecule has 0 unspecified atom stereocenters. The van der Waals surface area contributed by atoms with E-state index in [0.29, 0.717) is 16.6 Å². The van der Waals surface area contributed by atoms with Crippen LogP contribution >= 0.6 is 22.9 Å². The van der Waals surface area contributed by atoms with Crippen LogP contribution in [0.5, 0.6) is 0 Å². The Morgan fingerprint density at radius 1 is 1.64 bits per heavy atom.